The van der Waals surface area contributed by atoms with E-state index in [1.54, 1.807) is 4.90 Å². The van der Waals surface area contributed by atoms with Gasteiger partial charge in [0.05, 0.1) is 5.69 Å². The van der Waals surface area contributed by atoms with Crippen molar-refractivity contribution in [1.29, 1.82) is 0 Å². The van der Waals surface area contributed by atoms with Gasteiger partial charge < -0.3 is 15.5 Å². The maximum Gasteiger partial charge on any atom is 0.322 e. The van der Waals surface area contributed by atoms with Gasteiger partial charge in [-0.2, -0.15) is 0 Å². The summed E-state index contributed by atoms with van der Waals surface area (Å²) in [5, 5.41) is 5.82. The van der Waals surface area contributed by atoms with Crippen molar-refractivity contribution in [2.75, 3.05) is 29.9 Å². The lowest BCUT2D eigenvalue weighted by atomic mass is 10.1. The Hall–Kier alpha value is -2.24. The van der Waals surface area contributed by atoms with Crippen LogP contribution in [0.3, 0.4) is 0 Å². The largest absolute Gasteiger partial charge is 0.336 e. The number of amides is 4. The minimum atomic E-state index is -0.0808. The minimum Gasteiger partial charge on any atom is -0.336 e. The molecule has 0 radical (unpaired) electrons. The molecule has 0 spiro atoms. The van der Waals surface area contributed by atoms with Gasteiger partial charge in [-0.3, -0.25) is 4.90 Å². The molecule has 1 atom stereocenters. The lowest BCUT2D eigenvalue weighted by Crippen LogP contribution is -2.41. The summed E-state index contributed by atoms with van der Waals surface area (Å²) in [6.07, 6.45) is 4.49. The van der Waals surface area contributed by atoms with Crippen LogP contribution in [0.2, 0.25) is 0 Å². The fraction of sp³-hybridized carbons (Fsp3) is 0.556. The average molecular weight is 330 g/mol. The summed E-state index contributed by atoms with van der Waals surface area (Å²) in [4.78, 5) is 28.2. The Morgan fingerprint density at radius 1 is 1.25 bits per heavy atom. The van der Waals surface area contributed by atoms with E-state index in [1.807, 2.05) is 30.0 Å². The van der Waals surface area contributed by atoms with E-state index in [2.05, 4.69) is 17.6 Å². The number of rotatable bonds is 2. The van der Waals surface area contributed by atoms with E-state index in [9.17, 15) is 9.59 Å². The Morgan fingerprint density at radius 3 is 2.83 bits per heavy atom. The van der Waals surface area contributed by atoms with Gasteiger partial charge in [-0.1, -0.05) is 18.9 Å². The first-order valence-corrected chi connectivity index (χ1v) is 8.80. The highest BCUT2D eigenvalue weighted by molar-refractivity contribution is 5.96. The zero-order chi connectivity index (χ0) is 17.1. The second-order valence-electron chi connectivity index (χ2n) is 6.71. The number of hydrogen-bond donors (Lipinski definition) is 2. The van der Waals surface area contributed by atoms with Crippen molar-refractivity contribution in [3.05, 3.63) is 23.8 Å². The fourth-order valence-electron chi connectivity index (χ4n) is 3.45. The zero-order valence-electron chi connectivity index (χ0n) is 14.5. The Labute approximate surface area is 143 Å². The van der Waals surface area contributed by atoms with Gasteiger partial charge in [0.15, 0.2) is 0 Å². The lowest BCUT2D eigenvalue weighted by molar-refractivity contribution is 0.194. The van der Waals surface area contributed by atoms with E-state index in [-0.39, 0.29) is 18.1 Å². The van der Waals surface area contributed by atoms with Gasteiger partial charge >= 0.3 is 12.1 Å². The van der Waals surface area contributed by atoms with Crippen LogP contribution in [0.15, 0.2) is 18.2 Å². The van der Waals surface area contributed by atoms with Crippen molar-refractivity contribution < 1.29 is 9.59 Å². The molecule has 2 heterocycles. The molecule has 6 nitrogen and oxygen atoms in total. The van der Waals surface area contributed by atoms with Crippen molar-refractivity contribution in [2.24, 2.45) is 0 Å². The van der Waals surface area contributed by atoms with Crippen LogP contribution >= 0.6 is 0 Å². The number of carbonyl (C=O) groups is 2. The number of nitrogens with one attached hydrogen (secondary N) is 2. The van der Waals surface area contributed by atoms with E-state index >= 15 is 0 Å². The van der Waals surface area contributed by atoms with Crippen LogP contribution in [0.1, 0.15) is 38.2 Å². The van der Waals surface area contributed by atoms with Gasteiger partial charge in [0, 0.05) is 31.4 Å². The second kappa shape index (κ2) is 7.11. The van der Waals surface area contributed by atoms with Crippen molar-refractivity contribution in [2.45, 2.75) is 45.6 Å². The van der Waals surface area contributed by atoms with Gasteiger partial charge in [-0.15, -0.1) is 0 Å². The lowest BCUT2D eigenvalue weighted by Gasteiger charge is -2.27. The molecule has 1 aromatic carbocycles. The third-order valence-electron chi connectivity index (χ3n) is 4.92. The molecule has 2 aliphatic rings. The Bertz CT molecular complexity index is 631. The van der Waals surface area contributed by atoms with Gasteiger partial charge in [0.25, 0.3) is 0 Å². The van der Waals surface area contributed by atoms with E-state index in [0.717, 1.165) is 36.3 Å². The van der Waals surface area contributed by atoms with Crippen LogP contribution in [0, 0.1) is 6.92 Å². The molecule has 0 aromatic heterocycles. The van der Waals surface area contributed by atoms with Gasteiger partial charge in [-0.25, -0.2) is 9.59 Å². The van der Waals surface area contributed by atoms with Crippen LogP contribution in [0.4, 0.5) is 21.0 Å². The van der Waals surface area contributed by atoms with Crippen molar-refractivity contribution in [3.8, 4) is 0 Å². The smallest absolute Gasteiger partial charge is 0.322 e. The second-order valence-corrected chi connectivity index (χ2v) is 6.71. The maximum atomic E-state index is 12.6. The first kappa shape index (κ1) is 16.6. The molecule has 2 fully saturated rings. The Morgan fingerprint density at radius 2 is 2.08 bits per heavy atom. The average Bonchev–Trinajstić information content (AvgIpc) is 2.85. The highest BCUT2D eigenvalue weighted by atomic mass is 16.2. The monoisotopic (exact) mass is 330 g/mol. The molecule has 4 amide bonds. The molecule has 2 saturated heterocycles. The molecular weight excluding hydrogens is 304 g/mol. The van der Waals surface area contributed by atoms with Crippen molar-refractivity contribution >= 4 is 23.4 Å². The van der Waals surface area contributed by atoms with Crippen molar-refractivity contribution in [3.63, 3.8) is 0 Å². The number of hydrogen-bond acceptors (Lipinski definition) is 2. The molecular formula is C18H26N4O2. The first-order valence-electron chi connectivity index (χ1n) is 8.80. The highest BCUT2D eigenvalue weighted by Crippen LogP contribution is 2.26. The summed E-state index contributed by atoms with van der Waals surface area (Å²) >= 11 is 0. The number of likely N-dealkylation sites (tertiary alicyclic amines) is 1. The summed E-state index contributed by atoms with van der Waals surface area (Å²) in [6.45, 7) is 6.20. The molecule has 0 saturated carbocycles. The van der Waals surface area contributed by atoms with E-state index < -0.39 is 0 Å². The van der Waals surface area contributed by atoms with Gasteiger partial charge in [-0.05, 0) is 44.4 Å². The van der Waals surface area contributed by atoms with Gasteiger partial charge in [0.1, 0.15) is 0 Å². The zero-order valence-corrected chi connectivity index (χ0v) is 14.5. The number of urea groups is 2. The number of carbonyl (C=O) groups excluding carboxylic acids is 2. The van der Waals surface area contributed by atoms with Gasteiger partial charge in [0.2, 0.25) is 0 Å². The molecule has 2 aliphatic heterocycles. The number of anilines is 2. The highest BCUT2D eigenvalue weighted by Gasteiger charge is 2.24. The molecule has 2 N–H and O–H groups in total. The quantitative estimate of drug-likeness (QED) is 0.873. The summed E-state index contributed by atoms with van der Waals surface area (Å²) in [7, 11) is 0. The van der Waals surface area contributed by atoms with Crippen LogP contribution in [0.25, 0.3) is 0 Å². The van der Waals surface area contributed by atoms with Crippen LogP contribution in [0.5, 0.6) is 0 Å². The molecule has 1 aromatic rings. The van der Waals surface area contributed by atoms with Crippen LogP contribution < -0.4 is 15.5 Å². The Balaban J connectivity index is 1.75. The topological polar surface area (TPSA) is 64.7 Å². The standard InChI is InChI=1S/C18H26N4O2/c1-13-7-8-15(12-16(13)22-11-9-19-17(22)23)20-18(24)21-10-5-3-4-6-14(21)2/h7-8,12,14H,3-6,9-11H2,1-2H3,(H,19,23)(H,20,24)/t14-/m1/s1. The first-order chi connectivity index (χ1) is 11.6. The summed E-state index contributed by atoms with van der Waals surface area (Å²) in [5.74, 6) is 0. The molecule has 130 valence electrons. The third-order valence-corrected chi connectivity index (χ3v) is 4.92. The maximum absolute atomic E-state index is 12.6. The normalized spacial score (nSPS) is 21.4. The molecule has 0 aliphatic carbocycles. The van der Waals surface area contributed by atoms with E-state index in [0.29, 0.717) is 13.1 Å². The summed E-state index contributed by atoms with van der Waals surface area (Å²) in [6, 6.07) is 5.87. The number of benzene rings is 1. The van der Waals surface area contributed by atoms with Crippen LogP contribution in [-0.4, -0.2) is 42.6 Å². The Kier molecular flexibility index (Phi) is 4.92. The van der Waals surface area contributed by atoms with Crippen LogP contribution in [-0.2, 0) is 0 Å². The predicted molar refractivity (Wildman–Crippen MR) is 95.6 cm³/mol. The summed E-state index contributed by atoms with van der Waals surface area (Å²) < 4.78 is 0. The SMILES string of the molecule is Cc1ccc(NC(=O)N2CCCCC[C@H]2C)cc1N1CCNC1=O. The predicted octanol–water partition coefficient (Wildman–Crippen LogP) is 3.32. The molecule has 0 bridgehead atoms. The van der Waals surface area contributed by atoms with E-state index in [1.165, 1.54) is 12.8 Å². The molecule has 0 unspecified atom stereocenters. The van der Waals surface area contributed by atoms with Crippen molar-refractivity contribution in [1.82, 2.24) is 10.2 Å². The fourth-order valence-corrected chi connectivity index (χ4v) is 3.45. The molecule has 24 heavy (non-hydrogen) atoms. The van der Waals surface area contributed by atoms with E-state index in [4.69, 9.17) is 0 Å². The third kappa shape index (κ3) is 3.47. The molecule has 3 rings (SSSR count). The minimum absolute atomic E-state index is 0.0509. The number of aryl methyl sites for hydroxylation is 1. The summed E-state index contributed by atoms with van der Waals surface area (Å²) in [5.41, 5.74) is 2.61. The number of nitrogens with zero attached hydrogens (tertiary/aromatic N) is 2. The molecule has 6 heteroatoms.